The largest absolute Gasteiger partial charge is 0.377 e. The molecule has 3 unspecified atom stereocenters. The second kappa shape index (κ2) is 3.94. The molecule has 2 heteroatoms. The summed E-state index contributed by atoms with van der Waals surface area (Å²) in [5, 5.41) is 0. The molecule has 2 nitrogen and oxygen atoms in total. The number of hydrogen-bond donors (Lipinski definition) is 0. The van der Waals surface area contributed by atoms with Gasteiger partial charge in [-0.05, 0) is 17.6 Å². The third-order valence-electron chi connectivity index (χ3n) is 4.62. The highest BCUT2D eigenvalue weighted by molar-refractivity contribution is 5.42. The highest BCUT2D eigenvalue weighted by Crippen LogP contribution is 2.54. The molecule has 3 aliphatic rings. The van der Waals surface area contributed by atoms with E-state index in [9.17, 15) is 0 Å². The second-order valence-corrected chi connectivity index (χ2v) is 5.54. The maximum Gasteiger partial charge on any atom is 0.0945 e. The van der Waals surface area contributed by atoms with E-state index in [1.54, 1.807) is 0 Å². The van der Waals surface area contributed by atoms with Crippen molar-refractivity contribution in [2.24, 2.45) is 0 Å². The Morgan fingerprint density at radius 1 is 1.11 bits per heavy atom. The summed E-state index contributed by atoms with van der Waals surface area (Å²) >= 11 is 0. The van der Waals surface area contributed by atoms with Crippen molar-refractivity contribution in [1.29, 1.82) is 0 Å². The Morgan fingerprint density at radius 3 is 2.89 bits per heavy atom. The fourth-order valence-electron chi connectivity index (χ4n) is 3.87. The lowest BCUT2D eigenvalue weighted by atomic mass is 9.85. The molecular formula is C16H18O2. The average molecular weight is 242 g/mol. The average Bonchev–Trinajstić information content (AvgIpc) is 2.66. The molecular weight excluding hydrogens is 224 g/mol. The lowest BCUT2D eigenvalue weighted by Crippen LogP contribution is -2.38. The zero-order chi connectivity index (χ0) is 12.0. The molecule has 94 valence electrons. The molecule has 1 aromatic carbocycles. The molecule has 1 aromatic rings. The predicted molar refractivity (Wildman–Crippen MR) is 69.5 cm³/mol. The Labute approximate surface area is 108 Å². The zero-order valence-corrected chi connectivity index (χ0v) is 10.5. The summed E-state index contributed by atoms with van der Waals surface area (Å²) in [4.78, 5) is 0. The van der Waals surface area contributed by atoms with Crippen molar-refractivity contribution in [1.82, 2.24) is 0 Å². The first-order valence-corrected chi connectivity index (χ1v) is 6.90. The van der Waals surface area contributed by atoms with Gasteiger partial charge in [-0.3, -0.25) is 0 Å². The predicted octanol–water partition coefficient (Wildman–Crippen LogP) is 3.05. The van der Waals surface area contributed by atoms with Gasteiger partial charge >= 0.3 is 0 Å². The summed E-state index contributed by atoms with van der Waals surface area (Å²) in [6, 6.07) is 10.8. The Morgan fingerprint density at radius 2 is 2.00 bits per heavy atom. The minimum atomic E-state index is 0.00166. The van der Waals surface area contributed by atoms with Crippen LogP contribution in [0.25, 0.3) is 0 Å². The Kier molecular flexibility index (Phi) is 2.36. The van der Waals surface area contributed by atoms with Gasteiger partial charge in [-0.1, -0.05) is 36.4 Å². The fourth-order valence-corrected chi connectivity index (χ4v) is 3.87. The Hall–Kier alpha value is -1.12. The Balaban J connectivity index is 1.81. The molecule has 1 spiro atoms. The molecule has 0 N–H and O–H groups in total. The minimum Gasteiger partial charge on any atom is -0.377 e. The van der Waals surface area contributed by atoms with Crippen LogP contribution in [0.5, 0.6) is 0 Å². The van der Waals surface area contributed by atoms with Crippen LogP contribution in [-0.4, -0.2) is 24.9 Å². The van der Waals surface area contributed by atoms with Gasteiger partial charge in [0, 0.05) is 18.8 Å². The minimum absolute atomic E-state index is 0.00166. The lowest BCUT2D eigenvalue weighted by molar-refractivity contribution is -0.0925. The molecule has 4 rings (SSSR count). The second-order valence-electron chi connectivity index (χ2n) is 5.54. The fraction of sp³-hybridized carbons (Fsp3) is 0.500. The monoisotopic (exact) mass is 242 g/mol. The van der Waals surface area contributed by atoms with E-state index in [-0.39, 0.29) is 5.60 Å². The van der Waals surface area contributed by atoms with E-state index in [1.165, 1.54) is 11.1 Å². The van der Waals surface area contributed by atoms with Crippen LogP contribution in [0.2, 0.25) is 0 Å². The van der Waals surface area contributed by atoms with Crippen LogP contribution < -0.4 is 0 Å². The van der Waals surface area contributed by atoms with Crippen LogP contribution in [0.15, 0.2) is 42.0 Å². The van der Waals surface area contributed by atoms with Gasteiger partial charge < -0.3 is 9.47 Å². The standard InChI is InChI=1S/C16H18O2/c1-2-5-12(6-3-1)15-13-7-4-9-18-16(13)8-10-17-14(15)11-16/h1-3,5-7,14-15H,4,8-11H2. The van der Waals surface area contributed by atoms with E-state index < -0.39 is 0 Å². The molecule has 2 heterocycles. The molecule has 1 saturated heterocycles. The van der Waals surface area contributed by atoms with Crippen LogP contribution in [-0.2, 0) is 9.47 Å². The van der Waals surface area contributed by atoms with Crippen molar-refractivity contribution in [2.45, 2.75) is 36.9 Å². The molecule has 1 saturated carbocycles. The van der Waals surface area contributed by atoms with Crippen molar-refractivity contribution >= 4 is 0 Å². The molecule has 1 aliphatic carbocycles. The molecule has 2 bridgehead atoms. The summed E-state index contributed by atoms with van der Waals surface area (Å²) in [6.45, 7) is 1.71. The van der Waals surface area contributed by atoms with Crippen molar-refractivity contribution in [3.63, 3.8) is 0 Å². The lowest BCUT2D eigenvalue weighted by Gasteiger charge is -2.36. The van der Waals surface area contributed by atoms with Crippen LogP contribution in [0.4, 0.5) is 0 Å². The first-order chi connectivity index (χ1) is 8.89. The van der Waals surface area contributed by atoms with Crippen LogP contribution in [0.3, 0.4) is 0 Å². The smallest absolute Gasteiger partial charge is 0.0945 e. The van der Waals surface area contributed by atoms with E-state index in [0.29, 0.717) is 12.0 Å². The maximum atomic E-state index is 6.16. The van der Waals surface area contributed by atoms with Gasteiger partial charge in [0.05, 0.1) is 24.9 Å². The molecule has 3 atom stereocenters. The third kappa shape index (κ3) is 1.42. The highest BCUT2D eigenvalue weighted by Gasteiger charge is 2.54. The third-order valence-corrected chi connectivity index (χ3v) is 4.62. The molecule has 0 radical (unpaired) electrons. The summed E-state index contributed by atoms with van der Waals surface area (Å²) < 4.78 is 12.2. The van der Waals surface area contributed by atoms with Crippen LogP contribution >= 0.6 is 0 Å². The number of benzene rings is 1. The maximum absolute atomic E-state index is 6.16. The van der Waals surface area contributed by atoms with Crippen molar-refractivity contribution in [3.8, 4) is 0 Å². The summed E-state index contributed by atoms with van der Waals surface area (Å²) in [6.07, 6.45) is 5.84. The topological polar surface area (TPSA) is 18.5 Å². The van der Waals surface area contributed by atoms with Gasteiger partial charge in [-0.25, -0.2) is 0 Å². The highest BCUT2D eigenvalue weighted by atomic mass is 16.5. The van der Waals surface area contributed by atoms with Crippen molar-refractivity contribution < 1.29 is 9.47 Å². The molecule has 2 fully saturated rings. The SMILES string of the molecule is C1=C2C(c3ccccc3)C3CC2(CCO3)OCC1. The van der Waals surface area contributed by atoms with Gasteiger partial charge in [-0.15, -0.1) is 0 Å². The van der Waals surface area contributed by atoms with Gasteiger partial charge in [0.2, 0.25) is 0 Å². The van der Waals surface area contributed by atoms with Gasteiger partial charge in [0.25, 0.3) is 0 Å². The van der Waals surface area contributed by atoms with Gasteiger partial charge in [0.1, 0.15) is 0 Å². The molecule has 18 heavy (non-hydrogen) atoms. The van der Waals surface area contributed by atoms with Crippen molar-refractivity contribution in [3.05, 3.63) is 47.5 Å². The Bertz CT molecular complexity index is 479. The quantitative estimate of drug-likeness (QED) is 0.705. The number of fused-ring (bicyclic) bond motifs is 1. The number of rotatable bonds is 1. The van der Waals surface area contributed by atoms with E-state index in [2.05, 4.69) is 36.4 Å². The zero-order valence-electron chi connectivity index (χ0n) is 10.5. The van der Waals surface area contributed by atoms with E-state index in [1.807, 2.05) is 0 Å². The molecule has 2 aliphatic heterocycles. The van der Waals surface area contributed by atoms with Crippen LogP contribution in [0, 0.1) is 0 Å². The van der Waals surface area contributed by atoms with E-state index >= 15 is 0 Å². The molecule has 0 aromatic heterocycles. The number of ether oxygens (including phenoxy) is 2. The normalized spacial score (nSPS) is 38.1. The van der Waals surface area contributed by atoms with E-state index in [0.717, 1.165) is 32.5 Å². The van der Waals surface area contributed by atoms with E-state index in [4.69, 9.17) is 9.47 Å². The first-order valence-electron chi connectivity index (χ1n) is 6.90. The van der Waals surface area contributed by atoms with Gasteiger partial charge in [0.15, 0.2) is 0 Å². The summed E-state index contributed by atoms with van der Waals surface area (Å²) in [5.41, 5.74) is 2.87. The molecule has 0 amide bonds. The summed E-state index contributed by atoms with van der Waals surface area (Å²) in [7, 11) is 0. The van der Waals surface area contributed by atoms with Crippen molar-refractivity contribution in [2.75, 3.05) is 13.2 Å². The van der Waals surface area contributed by atoms with Crippen LogP contribution in [0.1, 0.15) is 30.7 Å². The summed E-state index contributed by atoms with van der Waals surface area (Å²) in [5.74, 6) is 0.411. The first kappa shape index (κ1) is 10.8. The number of hydrogen-bond acceptors (Lipinski definition) is 2. The van der Waals surface area contributed by atoms with Gasteiger partial charge in [-0.2, -0.15) is 0 Å².